The van der Waals surface area contributed by atoms with Crippen molar-refractivity contribution >= 4 is 12.0 Å². The fraction of sp³-hybridized carbons (Fsp3) is 0. The Labute approximate surface area is 104 Å². The van der Waals surface area contributed by atoms with Crippen LogP contribution in [-0.2, 0) is 0 Å². The van der Waals surface area contributed by atoms with E-state index in [-0.39, 0.29) is 0 Å². The summed E-state index contributed by atoms with van der Waals surface area (Å²) in [6, 6.07) is 8.99. The van der Waals surface area contributed by atoms with Crippen molar-refractivity contribution in [2.75, 3.05) is 0 Å². The third-order valence-corrected chi connectivity index (χ3v) is 2.69. The van der Waals surface area contributed by atoms with Gasteiger partial charge in [0.05, 0.1) is 22.9 Å². The number of aromatic nitrogens is 1. The quantitative estimate of drug-likeness (QED) is 0.858. The second-order valence-corrected chi connectivity index (χ2v) is 3.75. The number of nitriles is 1. The Hall–Kier alpha value is -2.80. The number of primary amides is 1. The molecule has 1 aromatic carbocycles. The second kappa shape index (κ2) is 4.60. The van der Waals surface area contributed by atoms with Gasteiger partial charge in [0.2, 0.25) is 0 Å². The molecule has 2 rings (SSSR count). The van der Waals surface area contributed by atoms with Crippen LogP contribution in [0.3, 0.4) is 0 Å². The van der Waals surface area contributed by atoms with Crippen LogP contribution in [0, 0.1) is 11.3 Å². The van der Waals surface area contributed by atoms with Gasteiger partial charge >= 0.3 is 0 Å². The van der Waals surface area contributed by atoms with Gasteiger partial charge in [0.1, 0.15) is 0 Å². The molecule has 1 heterocycles. The number of amides is 1. The molecule has 2 aromatic rings. The maximum atomic E-state index is 11.5. The first kappa shape index (κ1) is 11.7. The van der Waals surface area contributed by atoms with Gasteiger partial charge in [0.25, 0.3) is 5.91 Å². The molecule has 3 N–H and O–H groups in total. The summed E-state index contributed by atoms with van der Waals surface area (Å²) < 4.78 is 0. The highest BCUT2D eigenvalue weighted by Gasteiger charge is 2.15. The van der Waals surface area contributed by atoms with Gasteiger partial charge in [-0.2, -0.15) is 5.26 Å². The zero-order chi connectivity index (χ0) is 13.1. The van der Waals surface area contributed by atoms with E-state index in [2.05, 4.69) is 11.6 Å². The standard InChI is InChI=1S/C14H11N3O/c1-2-12-13(14(16)18)11(8-17-12)10-5-3-9(7-15)4-6-10/h2-6,8,17H,1H2,(H2,16,18). The lowest BCUT2D eigenvalue weighted by Gasteiger charge is -2.02. The van der Waals surface area contributed by atoms with E-state index in [0.717, 1.165) is 5.56 Å². The molecule has 0 atom stereocenters. The van der Waals surface area contributed by atoms with Crippen molar-refractivity contribution in [3.05, 3.63) is 53.9 Å². The first-order valence-electron chi connectivity index (χ1n) is 5.31. The van der Waals surface area contributed by atoms with Crippen molar-refractivity contribution in [1.29, 1.82) is 5.26 Å². The van der Waals surface area contributed by atoms with Crippen molar-refractivity contribution in [2.45, 2.75) is 0 Å². The minimum Gasteiger partial charge on any atom is -0.366 e. The predicted molar refractivity (Wildman–Crippen MR) is 69.6 cm³/mol. The number of carbonyl (C=O) groups excluding carboxylic acids is 1. The van der Waals surface area contributed by atoms with Gasteiger partial charge in [-0.25, -0.2) is 0 Å². The molecule has 1 amide bonds. The number of benzene rings is 1. The largest absolute Gasteiger partial charge is 0.366 e. The van der Waals surface area contributed by atoms with Crippen LogP contribution in [0.15, 0.2) is 37.0 Å². The fourth-order valence-electron chi connectivity index (χ4n) is 1.82. The normalized spacial score (nSPS) is 9.72. The first-order valence-corrected chi connectivity index (χ1v) is 5.31. The number of nitrogens with zero attached hydrogens (tertiary/aromatic N) is 1. The first-order chi connectivity index (χ1) is 8.67. The number of nitrogens with two attached hydrogens (primary N) is 1. The van der Waals surface area contributed by atoms with E-state index in [1.54, 1.807) is 36.5 Å². The second-order valence-electron chi connectivity index (χ2n) is 3.75. The summed E-state index contributed by atoms with van der Waals surface area (Å²) in [4.78, 5) is 14.4. The molecule has 0 fully saturated rings. The molecule has 4 heteroatoms. The van der Waals surface area contributed by atoms with E-state index in [1.165, 1.54) is 0 Å². The lowest BCUT2D eigenvalue weighted by atomic mass is 10.0. The summed E-state index contributed by atoms with van der Waals surface area (Å²) in [6.45, 7) is 3.63. The maximum absolute atomic E-state index is 11.5. The number of aromatic amines is 1. The molecule has 18 heavy (non-hydrogen) atoms. The van der Waals surface area contributed by atoms with Crippen molar-refractivity contribution in [1.82, 2.24) is 4.98 Å². The van der Waals surface area contributed by atoms with E-state index in [4.69, 9.17) is 11.0 Å². The average molecular weight is 237 g/mol. The highest BCUT2D eigenvalue weighted by molar-refractivity contribution is 6.02. The Morgan fingerprint density at radius 3 is 2.56 bits per heavy atom. The minimum absolute atomic E-state index is 0.412. The molecule has 4 nitrogen and oxygen atoms in total. The summed E-state index contributed by atoms with van der Waals surface area (Å²) in [5, 5.41) is 8.74. The monoisotopic (exact) mass is 237 g/mol. The summed E-state index contributed by atoms with van der Waals surface area (Å²) in [5.74, 6) is -0.509. The molecular formula is C14H11N3O. The van der Waals surface area contributed by atoms with E-state index < -0.39 is 5.91 Å². The van der Waals surface area contributed by atoms with Crippen LogP contribution >= 0.6 is 0 Å². The van der Waals surface area contributed by atoms with Gasteiger partial charge in [-0.05, 0) is 23.8 Å². The number of hydrogen-bond donors (Lipinski definition) is 2. The average Bonchev–Trinajstić information content (AvgIpc) is 2.82. The summed E-state index contributed by atoms with van der Waals surface area (Å²) in [5.41, 5.74) is 8.49. The van der Waals surface area contributed by atoms with Gasteiger partial charge in [-0.15, -0.1) is 0 Å². The number of H-pyrrole nitrogens is 1. The van der Waals surface area contributed by atoms with Crippen molar-refractivity contribution < 1.29 is 4.79 Å². The molecule has 0 saturated heterocycles. The van der Waals surface area contributed by atoms with Crippen LogP contribution < -0.4 is 5.73 Å². The highest BCUT2D eigenvalue weighted by Crippen LogP contribution is 2.26. The fourth-order valence-corrected chi connectivity index (χ4v) is 1.82. The Balaban J connectivity index is 2.57. The maximum Gasteiger partial charge on any atom is 0.251 e. The smallest absolute Gasteiger partial charge is 0.251 e. The Morgan fingerprint density at radius 1 is 1.39 bits per heavy atom. The van der Waals surface area contributed by atoms with Gasteiger partial charge in [0.15, 0.2) is 0 Å². The number of rotatable bonds is 3. The number of nitrogens with one attached hydrogen (secondary N) is 1. The molecule has 0 bridgehead atoms. The molecule has 0 aliphatic heterocycles. The van der Waals surface area contributed by atoms with Gasteiger partial charge in [-0.3, -0.25) is 4.79 Å². The molecule has 0 aliphatic rings. The van der Waals surface area contributed by atoms with Crippen LogP contribution in [0.4, 0.5) is 0 Å². The SMILES string of the molecule is C=Cc1[nH]cc(-c2ccc(C#N)cc2)c1C(N)=O. The third-order valence-electron chi connectivity index (χ3n) is 2.69. The lowest BCUT2D eigenvalue weighted by Crippen LogP contribution is -2.12. The molecule has 0 spiro atoms. The minimum atomic E-state index is -0.509. The van der Waals surface area contributed by atoms with Gasteiger partial charge in [0, 0.05) is 11.8 Å². The zero-order valence-electron chi connectivity index (χ0n) is 9.60. The van der Waals surface area contributed by atoms with E-state index >= 15 is 0 Å². The van der Waals surface area contributed by atoms with Crippen LogP contribution in [0.5, 0.6) is 0 Å². The Morgan fingerprint density at radius 2 is 2.06 bits per heavy atom. The number of carbonyl (C=O) groups is 1. The summed E-state index contributed by atoms with van der Waals surface area (Å²) in [6.07, 6.45) is 3.26. The van der Waals surface area contributed by atoms with Crippen molar-refractivity contribution in [2.24, 2.45) is 5.73 Å². The molecule has 0 saturated carbocycles. The predicted octanol–water partition coefficient (Wildman–Crippen LogP) is 2.30. The highest BCUT2D eigenvalue weighted by atomic mass is 16.1. The molecule has 0 radical (unpaired) electrons. The molecule has 88 valence electrons. The molecular weight excluding hydrogens is 226 g/mol. The van der Waals surface area contributed by atoms with Crippen LogP contribution in [0.2, 0.25) is 0 Å². The summed E-state index contributed by atoms with van der Waals surface area (Å²) in [7, 11) is 0. The van der Waals surface area contributed by atoms with Crippen molar-refractivity contribution in [3.8, 4) is 17.2 Å². The Bertz CT molecular complexity index is 645. The van der Waals surface area contributed by atoms with E-state index in [9.17, 15) is 4.79 Å². The molecule has 0 aliphatic carbocycles. The van der Waals surface area contributed by atoms with Gasteiger partial charge < -0.3 is 10.7 Å². The topological polar surface area (TPSA) is 82.7 Å². The van der Waals surface area contributed by atoms with E-state index in [1.807, 2.05) is 6.07 Å². The summed E-state index contributed by atoms with van der Waals surface area (Å²) >= 11 is 0. The Kier molecular flexibility index (Phi) is 2.98. The zero-order valence-corrected chi connectivity index (χ0v) is 9.60. The van der Waals surface area contributed by atoms with E-state index in [0.29, 0.717) is 22.4 Å². The lowest BCUT2D eigenvalue weighted by molar-refractivity contribution is 0.100. The number of hydrogen-bond acceptors (Lipinski definition) is 2. The van der Waals surface area contributed by atoms with Gasteiger partial charge in [-0.1, -0.05) is 18.7 Å². The van der Waals surface area contributed by atoms with Crippen LogP contribution in [-0.4, -0.2) is 10.9 Å². The van der Waals surface area contributed by atoms with Crippen LogP contribution in [0.1, 0.15) is 21.6 Å². The molecule has 0 unspecified atom stereocenters. The third kappa shape index (κ3) is 1.89. The molecule has 1 aromatic heterocycles. The van der Waals surface area contributed by atoms with Crippen molar-refractivity contribution in [3.63, 3.8) is 0 Å². The van der Waals surface area contributed by atoms with Crippen LogP contribution in [0.25, 0.3) is 17.2 Å².